The first-order valence-corrected chi connectivity index (χ1v) is 6.50. The minimum Gasteiger partial charge on any atom is -0.398 e. The molecule has 3 aromatic rings. The summed E-state index contributed by atoms with van der Waals surface area (Å²) < 4.78 is 0. The van der Waals surface area contributed by atoms with Crippen LogP contribution in [-0.4, -0.2) is 16.1 Å². The highest BCUT2D eigenvalue weighted by Gasteiger charge is 2.09. The van der Waals surface area contributed by atoms with Crippen LogP contribution in [0.1, 0.15) is 10.4 Å². The van der Waals surface area contributed by atoms with E-state index in [4.69, 9.17) is 5.73 Å². The van der Waals surface area contributed by atoms with Gasteiger partial charge in [-0.3, -0.25) is 9.89 Å². The summed E-state index contributed by atoms with van der Waals surface area (Å²) in [5.41, 5.74) is 9.28. The number of H-pyrrole nitrogens is 1. The lowest BCUT2D eigenvalue weighted by molar-refractivity contribution is 0.102. The van der Waals surface area contributed by atoms with Gasteiger partial charge in [-0.15, -0.1) is 0 Å². The molecule has 104 valence electrons. The fraction of sp³-hybridized carbons (Fsp3) is 0. The predicted octanol–water partition coefficient (Wildman–Crippen LogP) is 2.91. The monoisotopic (exact) mass is 278 g/mol. The number of carbonyl (C=O) groups excluding carboxylic acids is 1. The number of rotatable bonds is 3. The van der Waals surface area contributed by atoms with Crippen LogP contribution in [0.15, 0.2) is 60.8 Å². The molecule has 0 unspecified atom stereocenters. The first-order chi connectivity index (χ1) is 10.2. The first-order valence-electron chi connectivity index (χ1n) is 6.50. The smallest absolute Gasteiger partial charge is 0.257 e. The summed E-state index contributed by atoms with van der Waals surface area (Å²) in [7, 11) is 0. The van der Waals surface area contributed by atoms with Gasteiger partial charge in [-0.25, -0.2) is 0 Å². The van der Waals surface area contributed by atoms with Gasteiger partial charge in [-0.2, -0.15) is 5.10 Å². The van der Waals surface area contributed by atoms with Crippen LogP contribution in [0.2, 0.25) is 0 Å². The van der Waals surface area contributed by atoms with Crippen molar-refractivity contribution in [3.05, 3.63) is 66.4 Å². The van der Waals surface area contributed by atoms with Crippen LogP contribution in [0.3, 0.4) is 0 Å². The minimum absolute atomic E-state index is 0.227. The van der Waals surface area contributed by atoms with Crippen molar-refractivity contribution in [2.45, 2.75) is 0 Å². The summed E-state index contributed by atoms with van der Waals surface area (Å²) in [4.78, 5) is 12.2. The molecular weight excluding hydrogens is 264 g/mol. The third-order valence-electron chi connectivity index (χ3n) is 3.14. The van der Waals surface area contributed by atoms with Gasteiger partial charge in [-0.05, 0) is 30.3 Å². The van der Waals surface area contributed by atoms with Crippen LogP contribution in [0, 0.1) is 0 Å². The van der Waals surface area contributed by atoms with Crippen LogP contribution >= 0.6 is 0 Å². The number of nitrogens with two attached hydrogens (primary N) is 1. The summed E-state index contributed by atoms with van der Waals surface area (Å²) in [5, 5.41) is 9.66. The Kier molecular flexibility index (Phi) is 3.39. The second-order valence-electron chi connectivity index (χ2n) is 4.59. The molecule has 3 rings (SSSR count). The first kappa shape index (κ1) is 12.9. The maximum absolute atomic E-state index is 12.2. The molecule has 4 N–H and O–H groups in total. The lowest BCUT2D eigenvalue weighted by Crippen LogP contribution is -2.13. The van der Waals surface area contributed by atoms with Crippen molar-refractivity contribution < 1.29 is 4.79 Å². The number of nitrogens with one attached hydrogen (secondary N) is 2. The van der Waals surface area contributed by atoms with Gasteiger partial charge in [0.1, 0.15) is 0 Å². The van der Waals surface area contributed by atoms with E-state index in [1.54, 1.807) is 30.5 Å². The average Bonchev–Trinajstić information content (AvgIpc) is 3.02. The molecule has 1 aromatic heterocycles. The number of benzene rings is 2. The Bertz CT molecular complexity index is 765. The van der Waals surface area contributed by atoms with Crippen molar-refractivity contribution >= 4 is 17.3 Å². The van der Waals surface area contributed by atoms with E-state index < -0.39 is 0 Å². The molecule has 0 fully saturated rings. The lowest BCUT2D eigenvalue weighted by atomic mass is 10.1. The van der Waals surface area contributed by atoms with E-state index in [2.05, 4.69) is 15.5 Å². The molecule has 1 heterocycles. The molecule has 0 bridgehead atoms. The summed E-state index contributed by atoms with van der Waals surface area (Å²) in [5.74, 6) is -0.227. The van der Waals surface area contributed by atoms with E-state index in [1.807, 2.05) is 30.3 Å². The third-order valence-corrected chi connectivity index (χ3v) is 3.14. The molecule has 0 aliphatic carbocycles. The maximum Gasteiger partial charge on any atom is 0.257 e. The molecule has 0 saturated heterocycles. The molecule has 5 nitrogen and oxygen atoms in total. The van der Waals surface area contributed by atoms with Gasteiger partial charge in [-0.1, -0.05) is 24.3 Å². The van der Waals surface area contributed by atoms with Crippen LogP contribution in [-0.2, 0) is 0 Å². The summed E-state index contributed by atoms with van der Waals surface area (Å²) >= 11 is 0. The van der Waals surface area contributed by atoms with Crippen molar-refractivity contribution in [3.8, 4) is 11.3 Å². The van der Waals surface area contributed by atoms with E-state index in [0.29, 0.717) is 16.9 Å². The van der Waals surface area contributed by atoms with Gasteiger partial charge in [0, 0.05) is 23.1 Å². The van der Waals surface area contributed by atoms with Crippen molar-refractivity contribution in [2.24, 2.45) is 0 Å². The van der Waals surface area contributed by atoms with Gasteiger partial charge in [0.25, 0.3) is 5.91 Å². The van der Waals surface area contributed by atoms with Crippen LogP contribution in [0.5, 0.6) is 0 Å². The molecule has 1 amide bonds. The molecule has 2 aromatic carbocycles. The highest BCUT2D eigenvalue weighted by Crippen LogP contribution is 2.21. The maximum atomic E-state index is 12.2. The number of anilines is 2. The van der Waals surface area contributed by atoms with Crippen LogP contribution in [0.25, 0.3) is 11.3 Å². The van der Waals surface area contributed by atoms with Gasteiger partial charge in [0.15, 0.2) is 0 Å². The number of aromatic amines is 1. The molecule has 0 aliphatic heterocycles. The number of para-hydroxylation sites is 1. The number of hydrogen-bond acceptors (Lipinski definition) is 3. The van der Waals surface area contributed by atoms with Gasteiger partial charge in [0.2, 0.25) is 0 Å². The number of aromatic nitrogens is 2. The highest BCUT2D eigenvalue weighted by molar-refractivity contribution is 6.07. The standard InChI is InChI=1S/C16H14N4O/c17-14-7-2-1-6-13(14)16(21)19-12-5-3-4-11(10-12)15-8-9-18-20-15/h1-10H,17H2,(H,18,20)(H,19,21). The molecule has 21 heavy (non-hydrogen) atoms. The number of hydrogen-bond donors (Lipinski definition) is 3. The second kappa shape index (κ2) is 5.50. The number of nitrogens with zero attached hydrogens (tertiary/aromatic N) is 1. The SMILES string of the molecule is Nc1ccccc1C(=O)Nc1cccc(-c2ccn[nH]2)c1. The second-order valence-corrected chi connectivity index (χ2v) is 4.59. The van der Waals surface area contributed by atoms with Crippen molar-refractivity contribution in [1.29, 1.82) is 0 Å². The Balaban J connectivity index is 1.84. The minimum atomic E-state index is -0.227. The number of nitrogen functional groups attached to an aromatic ring is 1. The molecule has 5 heteroatoms. The van der Waals surface area contributed by atoms with E-state index in [9.17, 15) is 4.79 Å². The Morgan fingerprint density at radius 1 is 1.10 bits per heavy atom. The highest BCUT2D eigenvalue weighted by atomic mass is 16.1. The topological polar surface area (TPSA) is 83.8 Å². The zero-order chi connectivity index (χ0) is 14.7. The Hall–Kier alpha value is -3.08. The molecule has 0 radical (unpaired) electrons. The molecular formula is C16H14N4O. The van der Waals surface area contributed by atoms with E-state index in [1.165, 1.54) is 0 Å². The zero-order valence-electron chi connectivity index (χ0n) is 11.2. The van der Waals surface area contributed by atoms with Crippen LogP contribution in [0.4, 0.5) is 11.4 Å². The average molecular weight is 278 g/mol. The Morgan fingerprint density at radius 2 is 1.95 bits per heavy atom. The normalized spacial score (nSPS) is 10.3. The fourth-order valence-corrected chi connectivity index (χ4v) is 2.08. The van der Waals surface area contributed by atoms with Crippen molar-refractivity contribution in [1.82, 2.24) is 10.2 Å². The van der Waals surface area contributed by atoms with Gasteiger partial charge >= 0.3 is 0 Å². The van der Waals surface area contributed by atoms with E-state index in [0.717, 1.165) is 11.3 Å². The molecule has 0 saturated carbocycles. The van der Waals surface area contributed by atoms with Crippen LogP contribution < -0.4 is 11.1 Å². The zero-order valence-corrected chi connectivity index (χ0v) is 11.2. The van der Waals surface area contributed by atoms with Gasteiger partial charge in [0.05, 0.1) is 11.3 Å². The quantitative estimate of drug-likeness (QED) is 0.644. The van der Waals surface area contributed by atoms with E-state index >= 15 is 0 Å². The lowest BCUT2D eigenvalue weighted by Gasteiger charge is -2.08. The molecule has 0 aliphatic rings. The molecule has 0 spiro atoms. The summed E-state index contributed by atoms with van der Waals surface area (Å²) in [6, 6.07) is 16.4. The third kappa shape index (κ3) is 2.76. The fourth-order valence-electron chi connectivity index (χ4n) is 2.08. The summed E-state index contributed by atoms with van der Waals surface area (Å²) in [6.07, 6.45) is 1.69. The summed E-state index contributed by atoms with van der Waals surface area (Å²) in [6.45, 7) is 0. The van der Waals surface area contributed by atoms with Crippen molar-refractivity contribution in [2.75, 3.05) is 11.1 Å². The Labute approximate surface area is 121 Å². The van der Waals surface area contributed by atoms with Gasteiger partial charge < -0.3 is 11.1 Å². The van der Waals surface area contributed by atoms with E-state index in [-0.39, 0.29) is 5.91 Å². The largest absolute Gasteiger partial charge is 0.398 e. The van der Waals surface area contributed by atoms with Crippen molar-refractivity contribution in [3.63, 3.8) is 0 Å². The number of amides is 1. The molecule has 0 atom stereocenters. The Morgan fingerprint density at radius 3 is 2.71 bits per heavy atom. The predicted molar refractivity (Wildman–Crippen MR) is 82.8 cm³/mol. The number of carbonyl (C=O) groups is 1.